The van der Waals surface area contributed by atoms with Gasteiger partial charge in [0.05, 0.1) is 18.6 Å². The molecule has 0 N–H and O–H groups in total. The molecule has 1 aromatic heterocycles. The summed E-state index contributed by atoms with van der Waals surface area (Å²) in [5, 5.41) is 8.70. The molecule has 0 bridgehead atoms. The maximum absolute atomic E-state index is 4.40. The van der Waals surface area contributed by atoms with E-state index in [0.29, 0.717) is 0 Å². The van der Waals surface area contributed by atoms with Gasteiger partial charge in [-0.25, -0.2) is 0 Å². The third-order valence-electron chi connectivity index (χ3n) is 4.73. The van der Waals surface area contributed by atoms with Crippen molar-refractivity contribution in [1.82, 2.24) is 15.0 Å². The van der Waals surface area contributed by atoms with Crippen LogP contribution in [0.3, 0.4) is 0 Å². The van der Waals surface area contributed by atoms with E-state index in [-0.39, 0.29) is 24.0 Å². The van der Waals surface area contributed by atoms with Crippen LogP contribution in [0.5, 0.6) is 0 Å². The Morgan fingerprint density at radius 3 is 2.39 bits per heavy atom. The minimum Gasteiger partial charge on any atom is -1.00 e. The molecular formula is C18H21IN4. The van der Waals surface area contributed by atoms with Gasteiger partial charge in [0.25, 0.3) is 0 Å². The Labute approximate surface area is 153 Å². The first kappa shape index (κ1) is 16.4. The lowest BCUT2D eigenvalue weighted by atomic mass is 10.2. The van der Waals surface area contributed by atoms with Crippen LogP contribution >= 0.6 is 0 Å². The number of nitrogens with zero attached hydrogens (tertiary/aromatic N) is 4. The molecular weight excluding hydrogens is 399 g/mol. The van der Waals surface area contributed by atoms with E-state index in [4.69, 9.17) is 0 Å². The smallest absolute Gasteiger partial charge is 0.177 e. The van der Waals surface area contributed by atoms with Crippen LogP contribution in [0.4, 0.5) is 0 Å². The lowest BCUT2D eigenvalue weighted by molar-refractivity contribution is -0.951. The lowest BCUT2D eigenvalue weighted by Gasteiger charge is -2.34. The van der Waals surface area contributed by atoms with Gasteiger partial charge in [-0.15, -0.1) is 5.10 Å². The van der Waals surface area contributed by atoms with E-state index < -0.39 is 0 Å². The fourth-order valence-electron chi connectivity index (χ4n) is 3.63. The fraction of sp³-hybridized carbons (Fsp3) is 0.333. The van der Waals surface area contributed by atoms with Gasteiger partial charge in [0.2, 0.25) is 0 Å². The third kappa shape index (κ3) is 3.40. The molecule has 0 unspecified atom stereocenters. The summed E-state index contributed by atoms with van der Waals surface area (Å²) in [4.78, 5) is 0. The zero-order valence-corrected chi connectivity index (χ0v) is 15.3. The van der Waals surface area contributed by atoms with Gasteiger partial charge < -0.3 is 28.5 Å². The van der Waals surface area contributed by atoms with Crippen molar-refractivity contribution in [2.24, 2.45) is 0 Å². The van der Waals surface area contributed by atoms with Crippen molar-refractivity contribution in [2.45, 2.75) is 26.1 Å². The number of fused-ring (bicyclic) bond motifs is 1. The molecule has 1 fully saturated rings. The molecule has 23 heavy (non-hydrogen) atoms. The van der Waals surface area contributed by atoms with E-state index >= 15 is 0 Å². The van der Waals surface area contributed by atoms with Crippen LogP contribution in [-0.4, -0.2) is 32.6 Å². The van der Waals surface area contributed by atoms with Crippen LogP contribution in [-0.2, 0) is 13.2 Å². The maximum Gasteiger partial charge on any atom is 0.177 e. The van der Waals surface area contributed by atoms with E-state index in [1.807, 2.05) is 12.1 Å². The second-order valence-electron chi connectivity index (χ2n) is 6.36. The summed E-state index contributed by atoms with van der Waals surface area (Å²) < 4.78 is 3.17. The first-order chi connectivity index (χ1) is 10.8. The summed E-state index contributed by atoms with van der Waals surface area (Å²) in [6, 6.07) is 19.0. The minimum absolute atomic E-state index is 0. The van der Waals surface area contributed by atoms with Gasteiger partial charge in [0.15, 0.2) is 6.67 Å². The summed E-state index contributed by atoms with van der Waals surface area (Å²) in [6.45, 7) is 4.44. The molecule has 4 rings (SSSR count). The number of rotatable bonds is 4. The first-order valence-corrected chi connectivity index (χ1v) is 8.02. The Hall–Kier alpha value is -1.47. The molecule has 0 saturated carbocycles. The molecule has 2 heterocycles. The van der Waals surface area contributed by atoms with Crippen LogP contribution in [0, 0.1) is 0 Å². The lowest BCUT2D eigenvalue weighted by Crippen LogP contribution is -3.00. The van der Waals surface area contributed by atoms with Gasteiger partial charge in [-0.05, 0) is 12.1 Å². The highest BCUT2D eigenvalue weighted by Crippen LogP contribution is 2.25. The number of para-hydroxylation sites is 1. The fourth-order valence-corrected chi connectivity index (χ4v) is 3.63. The number of benzene rings is 2. The quantitative estimate of drug-likeness (QED) is 0.446. The number of quaternary nitrogens is 1. The molecule has 2 aromatic carbocycles. The van der Waals surface area contributed by atoms with Crippen molar-refractivity contribution >= 4 is 11.0 Å². The molecule has 0 atom stereocenters. The SMILES string of the molecule is [I-].c1ccc(C[N+]2(Cn3nnc4ccccc43)CCCC2)cc1. The maximum atomic E-state index is 4.40. The van der Waals surface area contributed by atoms with Crippen LogP contribution in [0.2, 0.25) is 0 Å². The van der Waals surface area contributed by atoms with E-state index in [0.717, 1.165) is 28.7 Å². The zero-order chi connectivity index (χ0) is 14.8. The monoisotopic (exact) mass is 420 g/mol. The van der Waals surface area contributed by atoms with Gasteiger partial charge in [0, 0.05) is 18.4 Å². The van der Waals surface area contributed by atoms with E-state index in [1.165, 1.54) is 31.5 Å². The Balaban J connectivity index is 0.00000156. The number of hydrogen-bond acceptors (Lipinski definition) is 2. The molecule has 0 radical (unpaired) electrons. The molecule has 120 valence electrons. The largest absolute Gasteiger partial charge is 1.00 e. The van der Waals surface area contributed by atoms with Crippen molar-refractivity contribution in [3.63, 3.8) is 0 Å². The Kier molecular flexibility index (Phi) is 4.96. The van der Waals surface area contributed by atoms with Crippen molar-refractivity contribution in [1.29, 1.82) is 0 Å². The van der Waals surface area contributed by atoms with E-state index in [2.05, 4.69) is 57.5 Å². The molecule has 1 saturated heterocycles. The highest BCUT2D eigenvalue weighted by atomic mass is 127. The summed E-state index contributed by atoms with van der Waals surface area (Å²) in [5.74, 6) is 0. The average molecular weight is 420 g/mol. The highest BCUT2D eigenvalue weighted by Gasteiger charge is 2.33. The number of halogens is 1. The second kappa shape index (κ2) is 6.97. The summed E-state index contributed by atoms with van der Waals surface area (Å²) in [6.07, 6.45) is 2.61. The van der Waals surface area contributed by atoms with Gasteiger partial charge in [-0.1, -0.05) is 47.7 Å². The molecule has 4 nitrogen and oxygen atoms in total. The molecule has 1 aliphatic rings. The second-order valence-corrected chi connectivity index (χ2v) is 6.36. The standard InChI is InChI=1S/C18H21N4.HI/c1-2-8-16(9-3-1)14-22(12-6-7-13-22)15-21-18-11-5-4-10-17(18)19-20-21;/h1-5,8-11H,6-7,12-15H2;1H/q+1;/p-1. The predicted molar refractivity (Wildman–Crippen MR) is 86.9 cm³/mol. The minimum atomic E-state index is 0. The number of hydrogen-bond donors (Lipinski definition) is 0. The summed E-state index contributed by atoms with van der Waals surface area (Å²) in [7, 11) is 0. The summed E-state index contributed by atoms with van der Waals surface area (Å²) in [5.41, 5.74) is 3.54. The Morgan fingerprint density at radius 2 is 1.61 bits per heavy atom. The molecule has 0 amide bonds. The van der Waals surface area contributed by atoms with Crippen LogP contribution in [0.1, 0.15) is 18.4 Å². The number of likely N-dealkylation sites (tertiary alicyclic amines) is 1. The summed E-state index contributed by atoms with van der Waals surface area (Å²) >= 11 is 0. The van der Waals surface area contributed by atoms with E-state index in [1.54, 1.807) is 0 Å². The van der Waals surface area contributed by atoms with E-state index in [9.17, 15) is 0 Å². The molecule has 0 spiro atoms. The Bertz CT molecular complexity index is 763. The molecule has 5 heteroatoms. The van der Waals surface area contributed by atoms with Crippen molar-refractivity contribution in [3.05, 3.63) is 60.2 Å². The molecule has 0 aliphatic carbocycles. The zero-order valence-electron chi connectivity index (χ0n) is 13.1. The van der Waals surface area contributed by atoms with Crippen molar-refractivity contribution in [2.75, 3.05) is 13.1 Å². The van der Waals surface area contributed by atoms with Gasteiger partial charge >= 0.3 is 0 Å². The van der Waals surface area contributed by atoms with Gasteiger partial charge in [-0.2, -0.15) is 4.68 Å². The normalized spacial score (nSPS) is 16.3. The highest BCUT2D eigenvalue weighted by molar-refractivity contribution is 5.73. The molecule has 3 aromatic rings. The van der Waals surface area contributed by atoms with Crippen molar-refractivity contribution < 1.29 is 28.5 Å². The van der Waals surface area contributed by atoms with Crippen LogP contribution < -0.4 is 24.0 Å². The predicted octanol–water partition coefficient (Wildman–Crippen LogP) is 0.204. The Morgan fingerprint density at radius 1 is 0.913 bits per heavy atom. The number of aromatic nitrogens is 3. The average Bonchev–Trinajstić information content (AvgIpc) is 3.17. The van der Waals surface area contributed by atoms with Crippen LogP contribution in [0.25, 0.3) is 11.0 Å². The van der Waals surface area contributed by atoms with Gasteiger partial charge in [-0.3, -0.25) is 0 Å². The van der Waals surface area contributed by atoms with Crippen LogP contribution in [0.15, 0.2) is 54.6 Å². The first-order valence-electron chi connectivity index (χ1n) is 8.02. The van der Waals surface area contributed by atoms with Gasteiger partial charge in [0.1, 0.15) is 12.1 Å². The third-order valence-corrected chi connectivity index (χ3v) is 4.73. The topological polar surface area (TPSA) is 30.7 Å². The molecule has 1 aliphatic heterocycles. The van der Waals surface area contributed by atoms with Crippen molar-refractivity contribution in [3.8, 4) is 0 Å².